The quantitative estimate of drug-likeness (QED) is 0.732. The van der Waals surface area contributed by atoms with Gasteiger partial charge in [-0.2, -0.15) is 13.2 Å². The summed E-state index contributed by atoms with van der Waals surface area (Å²) in [6, 6.07) is 3.09. The summed E-state index contributed by atoms with van der Waals surface area (Å²) in [5.41, 5.74) is -0.794. The molecule has 0 aliphatic rings. The molecule has 132 valence electrons. The molecule has 2 aromatic heterocycles. The first-order chi connectivity index (χ1) is 11.8. The second-order valence-electron chi connectivity index (χ2n) is 5.38. The zero-order valence-corrected chi connectivity index (χ0v) is 13.2. The number of hydrogen-bond acceptors (Lipinski definition) is 4. The van der Waals surface area contributed by atoms with E-state index >= 15 is 0 Å². The fourth-order valence-corrected chi connectivity index (χ4v) is 2.64. The Hall–Kier alpha value is -2.84. The Morgan fingerprint density at radius 3 is 2.76 bits per heavy atom. The number of esters is 1. The van der Waals surface area contributed by atoms with Crippen LogP contribution < -0.4 is 5.56 Å². The van der Waals surface area contributed by atoms with Crippen LogP contribution in [0.1, 0.15) is 24.7 Å². The number of nitrogens with one attached hydrogen (secondary N) is 1. The van der Waals surface area contributed by atoms with Gasteiger partial charge in [0.05, 0.1) is 35.8 Å². The zero-order valence-electron chi connectivity index (χ0n) is 13.2. The van der Waals surface area contributed by atoms with Gasteiger partial charge in [-0.15, -0.1) is 0 Å². The van der Waals surface area contributed by atoms with Gasteiger partial charge in [0, 0.05) is 6.42 Å². The standard InChI is InChI=1S/C16H14F3N3O3/c1-2-25-14(23)6-5-13-20-8-12-15(24)21-10-7-9(16(17,18)19)3-4-11(10)22(12)13/h3-4,7-8H,2,5-6H2,1H3,(H,21,24). The molecule has 0 radical (unpaired) electrons. The van der Waals surface area contributed by atoms with Crippen molar-refractivity contribution in [2.75, 3.05) is 6.61 Å². The number of aromatic amines is 1. The maximum atomic E-state index is 12.9. The third kappa shape index (κ3) is 3.21. The number of H-pyrrole nitrogens is 1. The van der Waals surface area contributed by atoms with Crippen LogP contribution in [0.25, 0.3) is 16.6 Å². The van der Waals surface area contributed by atoms with Crippen LogP contribution in [-0.4, -0.2) is 26.9 Å². The van der Waals surface area contributed by atoms with Gasteiger partial charge in [0.15, 0.2) is 0 Å². The summed E-state index contributed by atoms with van der Waals surface area (Å²) in [6.45, 7) is 1.94. The van der Waals surface area contributed by atoms with Crippen LogP contribution in [0.4, 0.5) is 13.2 Å². The summed E-state index contributed by atoms with van der Waals surface area (Å²) in [5, 5.41) is 0. The van der Waals surface area contributed by atoms with Crippen molar-refractivity contribution < 1.29 is 22.7 Å². The molecule has 0 bridgehead atoms. The molecule has 3 rings (SSSR count). The zero-order chi connectivity index (χ0) is 18.2. The van der Waals surface area contributed by atoms with Crippen LogP contribution in [0.5, 0.6) is 0 Å². The number of rotatable bonds is 4. The highest BCUT2D eigenvalue weighted by molar-refractivity contribution is 5.79. The van der Waals surface area contributed by atoms with Crippen molar-refractivity contribution in [2.24, 2.45) is 0 Å². The van der Waals surface area contributed by atoms with Crippen molar-refractivity contribution in [1.82, 2.24) is 14.4 Å². The van der Waals surface area contributed by atoms with Crippen molar-refractivity contribution in [3.8, 4) is 0 Å². The van der Waals surface area contributed by atoms with Crippen LogP contribution in [0.15, 0.2) is 29.2 Å². The normalized spacial score (nSPS) is 12.0. The molecule has 1 aromatic carbocycles. The number of benzene rings is 1. The average Bonchev–Trinajstić information content (AvgIpc) is 2.97. The van der Waals surface area contributed by atoms with Crippen LogP contribution in [0.2, 0.25) is 0 Å². The van der Waals surface area contributed by atoms with Gasteiger partial charge in [0.1, 0.15) is 11.3 Å². The first kappa shape index (κ1) is 17.0. The van der Waals surface area contributed by atoms with Gasteiger partial charge >= 0.3 is 12.1 Å². The number of ether oxygens (including phenoxy) is 1. The molecule has 0 amide bonds. The Kier molecular flexibility index (Phi) is 4.23. The van der Waals surface area contributed by atoms with Crippen molar-refractivity contribution in [2.45, 2.75) is 25.9 Å². The van der Waals surface area contributed by atoms with E-state index in [1.54, 1.807) is 6.92 Å². The second-order valence-corrected chi connectivity index (χ2v) is 5.38. The minimum Gasteiger partial charge on any atom is -0.466 e. The summed E-state index contributed by atoms with van der Waals surface area (Å²) in [7, 11) is 0. The van der Waals surface area contributed by atoms with E-state index in [0.717, 1.165) is 12.1 Å². The number of nitrogens with zero attached hydrogens (tertiary/aromatic N) is 2. The van der Waals surface area contributed by atoms with E-state index in [1.807, 2.05) is 0 Å². The lowest BCUT2D eigenvalue weighted by atomic mass is 10.2. The Balaban J connectivity index is 2.11. The topological polar surface area (TPSA) is 76.5 Å². The largest absolute Gasteiger partial charge is 0.466 e. The maximum absolute atomic E-state index is 12.9. The van der Waals surface area contributed by atoms with Crippen molar-refractivity contribution in [3.05, 3.63) is 46.1 Å². The molecule has 6 nitrogen and oxygen atoms in total. The summed E-state index contributed by atoms with van der Waals surface area (Å²) in [6.07, 6.45) is -2.92. The molecule has 0 aliphatic heterocycles. The first-order valence-corrected chi connectivity index (χ1v) is 7.56. The maximum Gasteiger partial charge on any atom is 0.416 e. The fraction of sp³-hybridized carbons (Fsp3) is 0.312. The number of carbonyl (C=O) groups excluding carboxylic acids is 1. The summed E-state index contributed by atoms with van der Waals surface area (Å²) in [5.74, 6) is -0.00772. The van der Waals surface area contributed by atoms with Crippen LogP contribution in [0.3, 0.4) is 0 Å². The highest BCUT2D eigenvalue weighted by Gasteiger charge is 2.30. The molecular formula is C16H14F3N3O3. The molecule has 3 aromatic rings. The van der Waals surface area contributed by atoms with Gasteiger partial charge in [-0.25, -0.2) is 4.98 Å². The highest BCUT2D eigenvalue weighted by atomic mass is 19.4. The second kappa shape index (κ2) is 6.23. The Bertz CT molecular complexity index is 1000. The number of aromatic nitrogens is 3. The average molecular weight is 353 g/mol. The minimum atomic E-state index is -4.51. The molecule has 0 aliphatic carbocycles. The van der Waals surface area contributed by atoms with Crippen molar-refractivity contribution >= 4 is 22.5 Å². The molecule has 0 atom stereocenters. The van der Waals surface area contributed by atoms with Crippen molar-refractivity contribution in [3.63, 3.8) is 0 Å². The molecule has 0 saturated carbocycles. The Morgan fingerprint density at radius 2 is 2.08 bits per heavy atom. The molecule has 0 spiro atoms. The number of aryl methyl sites for hydroxylation is 1. The fourth-order valence-electron chi connectivity index (χ4n) is 2.64. The smallest absolute Gasteiger partial charge is 0.416 e. The van der Waals surface area contributed by atoms with E-state index < -0.39 is 23.3 Å². The number of halogens is 3. The summed E-state index contributed by atoms with van der Waals surface area (Å²) >= 11 is 0. The molecule has 0 unspecified atom stereocenters. The van der Waals surface area contributed by atoms with E-state index in [4.69, 9.17) is 4.74 Å². The predicted molar refractivity (Wildman–Crippen MR) is 83.3 cm³/mol. The van der Waals surface area contributed by atoms with Crippen LogP contribution in [-0.2, 0) is 22.1 Å². The van der Waals surface area contributed by atoms with Gasteiger partial charge in [0.2, 0.25) is 0 Å². The van der Waals surface area contributed by atoms with Crippen molar-refractivity contribution in [1.29, 1.82) is 0 Å². The molecule has 1 N–H and O–H groups in total. The van der Waals surface area contributed by atoms with Gasteiger partial charge in [-0.05, 0) is 25.1 Å². The monoisotopic (exact) mass is 353 g/mol. The number of alkyl halides is 3. The molecular weight excluding hydrogens is 339 g/mol. The van der Waals surface area contributed by atoms with Crippen LogP contribution >= 0.6 is 0 Å². The number of hydrogen-bond donors (Lipinski definition) is 1. The Morgan fingerprint density at radius 1 is 1.32 bits per heavy atom. The van der Waals surface area contributed by atoms with Gasteiger partial charge < -0.3 is 9.72 Å². The summed E-state index contributed by atoms with van der Waals surface area (Å²) < 4.78 is 44.9. The lowest BCUT2D eigenvalue weighted by Gasteiger charge is -2.10. The van der Waals surface area contributed by atoms with Gasteiger partial charge in [0.25, 0.3) is 5.56 Å². The SMILES string of the molecule is CCOC(=O)CCc1ncc2c(=O)[nH]c3cc(C(F)(F)F)ccc3n12. The van der Waals surface area contributed by atoms with E-state index in [-0.39, 0.29) is 30.5 Å². The van der Waals surface area contributed by atoms with Gasteiger partial charge in [-0.3, -0.25) is 14.0 Å². The molecule has 0 saturated heterocycles. The third-order valence-electron chi connectivity index (χ3n) is 3.74. The summed E-state index contributed by atoms with van der Waals surface area (Å²) in [4.78, 5) is 30.2. The predicted octanol–water partition coefficient (Wildman–Crippen LogP) is 2.69. The first-order valence-electron chi connectivity index (χ1n) is 7.56. The minimum absolute atomic E-state index is 0.0442. The van der Waals surface area contributed by atoms with Gasteiger partial charge in [-0.1, -0.05) is 0 Å². The lowest BCUT2D eigenvalue weighted by Crippen LogP contribution is -2.13. The van der Waals surface area contributed by atoms with E-state index in [9.17, 15) is 22.8 Å². The van der Waals surface area contributed by atoms with E-state index in [2.05, 4.69) is 9.97 Å². The molecule has 9 heteroatoms. The number of carbonyl (C=O) groups is 1. The molecule has 0 fully saturated rings. The number of imidazole rings is 1. The molecule has 25 heavy (non-hydrogen) atoms. The molecule has 2 heterocycles. The third-order valence-corrected chi connectivity index (χ3v) is 3.74. The van der Waals surface area contributed by atoms with Crippen LogP contribution in [0, 0.1) is 0 Å². The lowest BCUT2D eigenvalue weighted by molar-refractivity contribution is -0.143. The van der Waals surface area contributed by atoms with E-state index in [1.165, 1.54) is 16.7 Å². The van der Waals surface area contributed by atoms with E-state index in [0.29, 0.717) is 11.3 Å². The highest BCUT2D eigenvalue weighted by Crippen LogP contribution is 2.31. The number of fused-ring (bicyclic) bond motifs is 3. The Labute approximate surface area is 139 Å².